The number of rotatable bonds is 5. The van der Waals surface area contributed by atoms with E-state index in [0.29, 0.717) is 17.1 Å². The molecule has 0 aliphatic carbocycles. The summed E-state index contributed by atoms with van der Waals surface area (Å²) in [6.45, 7) is 0.933. The van der Waals surface area contributed by atoms with E-state index in [1.807, 2.05) is 48.5 Å². The van der Waals surface area contributed by atoms with E-state index in [0.717, 1.165) is 53.8 Å². The Kier molecular flexibility index (Phi) is 5.38. The summed E-state index contributed by atoms with van der Waals surface area (Å²) < 4.78 is 9.86. The maximum atomic E-state index is 13.9. The average Bonchev–Trinajstić information content (AvgIpc) is 3.33. The summed E-state index contributed by atoms with van der Waals surface area (Å²) in [5.41, 5.74) is 8.13. The maximum absolute atomic E-state index is 13.9. The van der Waals surface area contributed by atoms with Gasteiger partial charge in [-0.25, -0.2) is 0 Å². The van der Waals surface area contributed by atoms with Crippen LogP contribution >= 0.6 is 0 Å². The van der Waals surface area contributed by atoms with E-state index in [1.54, 1.807) is 7.11 Å². The molecule has 35 heavy (non-hydrogen) atoms. The van der Waals surface area contributed by atoms with Gasteiger partial charge in [-0.15, -0.1) is 0 Å². The molecule has 0 spiro atoms. The first kappa shape index (κ1) is 21.3. The third-order valence-corrected chi connectivity index (χ3v) is 6.81. The predicted octanol–water partition coefficient (Wildman–Crippen LogP) is 6.67. The molecule has 1 amide bonds. The van der Waals surface area contributed by atoms with Crippen molar-refractivity contribution in [2.45, 2.75) is 25.8 Å². The number of amides is 1. The highest BCUT2D eigenvalue weighted by molar-refractivity contribution is 6.10. The number of ether oxygens (including phenoxy) is 1. The van der Waals surface area contributed by atoms with Gasteiger partial charge in [0.1, 0.15) is 17.1 Å². The van der Waals surface area contributed by atoms with Crippen LogP contribution in [0.25, 0.3) is 28.0 Å². The first-order chi connectivity index (χ1) is 17.2. The van der Waals surface area contributed by atoms with Crippen molar-refractivity contribution in [3.8, 4) is 28.1 Å². The summed E-state index contributed by atoms with van der Waals surface area (Å²) >= 11 is 0. The number of hydrogen-bond acceptors (Lipinski definition) is 2. The highest BCUT2D eigenvalue weighted by Gasteiger charge is 2.29. The highest BCUT2D eigenvalue weighted by atomic mass is 16.5. The minimum atomic E-state index is -0.129. The van der Waals surface area contributed by atoms with Crippen molar-refractivity contribution in [1.29, 1.82) is 0 Å². The number of aromatic nitrogens is 2. The summed E-state index contributed by atoms with van der Waals surface area (Å²) in [4.78, 5) is 13.9. The molecular formula is C30H27N3O2. The van der Waals surface area contributed by atoms with Crippen LogP contribution in [0.4, 0.5) is 5.69 Å². The Balaban J connectivity index is 1.59. The lowest BCUT2D eigenvalue weighted by atomic mass is 9.98. The molecule has 1 aliphatic heterocycles. The summed E-state index contributed by atoms with van der Waals surface area (Å²) in [6.07, 6.45) is 5.27. The molecule has 6 rings (SSSR count). The van der Waals surface area contributed by atoms with Crippen LogP contribution in [0.15, 0.2) is 91.1 Å². The Morgan fingerprint density at radius 3 is 2.37 bits per heavy atom. The Morgan fingerprint density at radius 2 is 1.63 bits per heavy atom. The number of imidazole rings is 1. The molecule has 0 atom stereocenters. The van der Waals surface area contributed by atoms with E-state index in [9.17, 15) is 4.79 Å². The quantitative estimate of drug-likeness (QED) is 0.318. The van der Waals surface area contributed by atoms with Crippen molar-refractivity contribution in [2.24, 2.45) is 0 Å². The van der Waals surface area contributed by atoms with Gasteiger partial charge in [-0.2, -0.15) is 0 Å². The molecule has 5 nitrogen and oxygen atoms in total. The number of hydrogen-bond donors (Lipinski definition) is 1. The monoisotopic (exact) mass is 461 g/mol. The van der Waals surface area contributed by atoms with E-state index in [2.05, 4.69) is 56.9 Å². The fraction of sp³-hybridized carbons (Fsp3) is 0.167. The lowest BCUT2D eigenvalue weighted by molar-refractivity contribution is 0.102. The molecule has 0 saturated heterocycles. The minimum Gasteiger partial charge on any atom is -0.497 e. The SMILES string of the molecule is COc1cccc(NC(=O)c2c(-c3ccccc3)c3c4n(c(-c5ccccc5)cn24)CCCC3)c1. The van der Waals surface area contributed by atoms with Gasteiger partial charge in [-0.05, 0) is 42.5 Å². The normalized spacial score (nSPS) is 12.9. The molecular weight excluding hydrogens is 434 g/mol. The summed E-state index contributed by atoms with van der Waals surface area (Å²) in [5, 5.41) is 3.13. The summed E-state index contributed by atoms with van der Waals surface area (Å²) in [5.74, 6) is 0.578. The molecule has 174 valence electrons. The fourth-order valence-corrected chi connectivity index (χ4v) is 5.26. The summed E-state index contributed by atoms with van der Waals surface area (Å²) in [6, 6.07) is 28.2. The molecule has 1 aliphatic rings. The second kappa shape index (κ2) is 8.84. The number of aryl methyl sites for hydroxylation is 2. The van der Waals surface area contributed by atoms with E-state index in [1.165, 1.54) is 5.56 Å². The van der Waals surface area contributed by atoms with Gasteiger partial charge >= 0.3 is 0 Å². The zero-order chi connectivity index (χ0) is 23.8. The molecule has 0 unspecified atom stereocenters. The van der Waals surface area contributed by atoms with Gasteiger partial charge in [0.05, 0.1) is 12.8 Å². The third-order valence-electron chi connectivity index (χ3n) is 6.81. The van der Waals surface area contributed by atoms with Gasteiger partial charge in [-0.3, -0.25) is 9.20 Å². The molecule has 2 aromatic heterocycles. The molecule has 5 aromatic rings. The Morgan fingerprint density at radius 1 is 0.886 bits per heavy atom. The molecule has 3 aromatic carbocycles. The number of nitrogens with one attached hydrogen (secondary N) is 1. The number of benzene rings is 3. The Labute approximate surface area is 204 Å². The van der Waals surface area contributed by atoms with Gasteiger partial charge in [-0.1, -0.05) is 66.7 Å². The third kappa shape index (κ3) is 3.69. The molecule has 0 fully saturated rings. The Hall–Kier alpha value is -4.25. The number of methoxy groups -OCH3 is 1. The van der Waals surface area contributed by atoms with Crippen molar-refractivity contribution in [3.63, 3.8) is 0 Å². The van der Waals surface area contributed by atoms with Crippen molar-refractivity contribution in [1.82, 2.24) is 8.97 Å². The molecule has 0 bridgehead atoms. The second-order valence-corrected chi connectivity index (χ2v) is 8.94. The minimum absolute atomic E-state index is 0.129. The van der Waals surface area contributed by atoms with E-state index in [-0.39, 0.29) is 5.91 Å². The average molecular weight is 462 g/mol. The molecule has 0 saturated carbocycles. The zero-order valence-corrected chi connectivity index (χ0v) is 19.7. The standard InChI is InChI=1S/C30H27N3O2/c1-35-24-16-10-15-23(19-24)31-29(34)28-27(22-13-6-3-7-14-22)25-17-8-9-18-32-26(20-33(28)30(25)32)21-11-4-2-5-12-21/h2-7,10-16,19-20H,8-9,17-18H2,1H3,(H,31,34). The lowest BCUT2D eigenvalue weighted by Crippen LogP contribution is -2.15. The topological polar surface area (TPSA) is 47.7 Å². The van der Waals surface area contributed by atoms with Crippen molar-refractivity contribution >= 4 is 17.2 Å². The van der Waals surface area contributed by atoms with E-state index < -0.39 is 0 Å². The number of nitrogens with zero attached hydrogens (tertiary/aromatic N) is 2. The van der Waals surface area contributed by atoms with Crippen LogP contribution in [-0.4, -0.2) is 22.0 Å². The molecule has 0 radical (unpaired) electrons. The van der Waals surface area contributed by atoms with Gasteiger partial charge in [0.25, 0.3) is 5.91 Å². The van der Waals surface area contributed by atoms with Crippen molar-refractivity contribution in [2.75, 3.05) is 12.4 Å². The van der Waals surface area contributed by atoms with Gasteiger partial charge in [0.2, 0.25) is 0 Å². The summed E-state index contributed by atoms with van der Waals surface area (Å²) in [7, 11) is 1.63. The predicted molar refractivity (Wildman–Crippen MR) is 140 cm³/mol. The van der Waals surface area contributed by atoms with Crippen molar-refractivity contribution < 1.29 is 9.53 Å². The smallest absolute Gasteiger partial charge is 0.273 e. The van der Waals surface area contributed by atoms with Crippen LogP contribution in [0.2, 0.25) is 0 Å². The van der Waals surface area contributed by atoms with Crippen LogP contribution < -0.4 is 10.1 Å². The van der Waals surface area contributed by atoms with Crippen LogP contribution in [0, 0.1) is 0 Å². The van der Waals surface area contributed by atoms with Gasteiger partial charge < -0.3 is 14.6 Å². The molecule has 5 heteroatoms. The number of carbonyl (C=O) groups excluding carboxylic acids is 1. The van der Waals surface area contributed by atoms with Crippen LogP contribution in [0.5, 0.6) is 5.75 Å². The maximum Gasteiger partial charge on any atom is 0.273 e. The van der Waals surface area contributed by atoms with Crippen molar-refractivity contribution in [3.05, 3.63) is 102 Å². The largest absolute Gasteiger partial charge is 0.497 e. The lowest BCUT2D eigenvalue weighted by Gasteiger charge is -2.11. The van der Waals surface area contributed by atoms with Crippen LogP contribution in [0.1, 0.15) is 28.9 Å². The number of anilines is 1. The first-order valence-electron chi connectivity index (χ1n) is 12.1. The second-order valence-electron chi connectivity index (χ2n) is 8.94. The van der Waals surface area contributed by atoms with Gasteiger partial charge in [0, 0.05) is 35.6 Å². The molecule has 3 heterocycles. The number of carbonyl (C=O) groups is 1. The van der Waals surface area contributed by atoms with E-state index >= 15 is 0 Å². The van der Waals surface area contributed by atoms with Crippen LogP contribution in [-0.2, 0) is 13.0 Å². The van der Waals surface area contributed by atoms with Crippen LogP contribution in [0.3, 0.4) is 0 Å². The Bertz CT molecular complexity index is 1510. The molecule has 1 N–H and O–H groups in total. The highest BCUT2D eigenvalue weighted by Crippen LogP contribution is 2.39. The fourth-order valence-electron chi connectivity index (χ4n) is 5.26. The first-order valence-corrected chi connectivity index (χ1v) is 12.1. The van der Waals surface area contributed by atoms with Gasteiger partial charge in [0.15, 0.2) is 0 Å². The van der Waals surface area contributed by atoms with E-state index in [4.69, 9.17) is 4.74 Å². The zero-order valence-electron chi connectivity index (χ0n) is 19.7.